The van der Waals surface area contributed by atoms with E-state index in [0.29, 0.717) is 10.6 Å². The lowest BCUT2D eigenvalue weighted by Crippen LogP contribution is -2.56. The Morgan fingerprint density at radius 1 is 0.889 bits per heavy atom. The smallest absolute Gasteiger partial charge is 0.406 e. The Morgan fingerprint density at radius 2 is 1.37 bits per heavy atom. The van der Waals surface area contributed by atoms with Crippen molar-refractivity contribution in [2.45, 2.75) is 35.8 Å². The zero-order valence-corrected chi connectivity index (χ0v) is 13.4. The molecule has 0 amide bonds. The van der Waals surface area contributed by atoms with Crippen LogP contribution in [0.3, 0.4) is 0 Å². The number of nitrogens with zero attached hydrogens (tertiary/aromatic N) is 1. The third-order valence-corrected chi connectivity index (χ3v) is 4.17. The molecule has 152 valence electrons. The summed E-state index contributed by atoms with van der Waals surface area (Å²) in [7, 11) is 0. The minimum atomic E-state index is -6.64. The van der Waals surface area contributed by atoms with Gasteiger partial charge < -0.3 is 9.30 Å². The lowest BCUT2D eigenvalue weighted by atomic mass is 9.86. The Bertz CT molecular complexity index is 729. The van der Waals surface area contributed by atoms with Gasteiger partial charge in [0.25, 0.3) is 0 Å². The molecule has 1 atom stereocenters. The van der Waals surface area contributed by atoms with E-state index in [0.717, 1.165) is 12.4 Å². The first-order valence-corrected chi connectivity index (χ1v) is 7.24. The number of alkyl halides is 11. The SMILES string of the molecule is FC(F)(F)OC1=C(C(F)(C(F)(F)F)C(F)(F)F)C=CCC1(Cl)n1cccc1. The summed E-state index contributed by atoms with van der Waals surface area (Å²) in [5.41, 5.74) is -8.58. The number of ether oxygens (including phenoxy) is 1. The van der Waals surface area contributed by atoms with Crippen LogP contribution in [0.1, 0.15) is 6.42 Å². The van der Waals surface area contributed by atoms with Crippen molar-refractivity contribution in [3.8, 4) is 0 Å². The van der Waals surface area contributed by atoms with Crippen molar-refractivity contribution >= 4 is 11.6 Å². The predicted octanol–water partition coefficient (Wildman–Crippen LogP) is 5.96. The summed E-state index contributed by atoms with van der Waals surface area (Å²) in [6, 6.07) is 2.40. The van der Waals surface area contributed by atoms with Crippen molar-refractivity contribution in [2.75, 3.05) is 0 Å². The summed E-state index contributed by atoms with van der Waals surface area (Å²) in [5.74, 6) is -2.06. The number of halogens is 11. The van der Waals surface area contributed by atoms with Crippen molar-refractivity contribution in [1.29, 1.82) is 0 Å². The summed E-state index contributed by atoms with van der Waals surface area (Å²) in [4.78, 5) is -2.71. The van der Waals surface area contributed by atoms with Gasteiger partial charge in [0.05, 0.1) is 0 Å². The van der Waals surface area contributed by atoms with Gasteiger partial charge in [-0.25, -0.2) is 4.39 Å². The summed E-state index contributed by atoms with van der Waals surface area (Å²) in [5, 5.41) is 0. The van der Waals surface area contributed by atoms with Crippen LogP contribution in [0.15, 0.2) is 48.0 Å². The van der Waals surface area contributed by atoms with Gasteiger partial charge in [-0.1, -0.05) is 23.8 Å². The van der Waals surface area contributed by atoms with Crippen LogP contribution in [0, 0.1) is 0 Å². The van der Waals surface area contributed by atoms with Gasteiger partial charge in [0, 0.05) is 24.4 Å². The molecule has 1 aromatic heterocycles. The molecule has 1 aromatic rings. The highest BCUT2D eigenvalue weighted by Gasteiger charge is 2.75. The minimum absolute atomic E-state index is 0.0633. The van der Waals surface area contributed by atoms with Gasteiger partial charge >= 0.3 is 24.4 Å². The number of aromatic nitrogens is 1. The molecule has 0 radical (unpaired) electrons. The predicted molar refractivity (Wildman–Crippen MR) is 72.1 cm³/mol. The minimum Gasteiger partial charge on any atom is -0.406 e. The van der Waals surface area contributed by atoms with Crippen LogP contribution in [-0.2, 0) is 9.73 Å². The molecule has 0 saturated carbocycles. The topological polar surface area (TPSA) is 14.2 Å². The van der Waals surface area contributed by atoms with Crippen molar-refractivity contribution in [1.82, 2.24) is 4.57 Å². The molecule has 1 aliphatic rings. The molecule has 0 aromatic carbocycles. The quantitative estimate of drug-likeness (QED) is 0.425. The number of rotatable bonds is 3. The van der Waals surface area contributed by atoms with E-state index in [1.807, 2.05) is 0 Å². The molecule has 27 heavy (non-hydrogen) atoms. The average Bonchev–Trinajstić information content (AvgIpc) is 3.00. The Balaban J connectivity index is 2.86. The third kappa shape index (κ3) is 3.63. The van der Waals surface area contributed by atoms with Gasteiger partial charge in [-0.2, -0.15) is 26.3 Å². The summed E-state index contributed by atoms with van der Waals surface area (Å²) in [6.07, 6.45) is -17.2. The molecule has 2 rings (SSSR count). The van der Waals surface area contributed by atoms with Crippen LogP contribution in [0.2, 0.25) is 0 Å². The van der Waals surface area contributed by atoms with Crippen molar-refractivity contribution in [3.05, 3.63) is 48.0 Å². The molecule has 1 heterocycles. The van der Waals surface area contributed by atoms with Crippen LogP contribution in [0.25, 0.3) is 0 Å². The second-order valence-corrected chi connectivity index (χ2v) is 6.03. The van der Waals surface area contributed by atoms with E-state index in [-0.39, 0.29) is 6.08 Å². The van der Waals surface area contributed by atoms with E-state index < -0.39 is 47.1 Å². The monoisotopic (exact) mass is 431 g/mol. The van der Waals surface area contributed by atoms with Gasteiger partial charge in [-0.15, -0.1) is 13.2 Å². The molecule has 2 nitrogen and oxygen atoms in total. The molecule has 0 N–H and O–H groups in total. The molecule has 13 heteroatoms. The van der Waals surface area contributed by atoms with Crippen molar-refractivity contribution < 1.29 is 48.6 Å². The van der Waals surface area contributed by atoms with E-state index in [2.05, 4.69) is 4.74 Å². The van der Waals surface area contributed by atoms with Gasteiger partial charge in [0.2, 0.25) is 0 Å². The van der Waals surface area contributed by atoms with Gasteiger partial charge in [0.15, 0.2) is 10.8 Å². The fourth-order valence-electron chi connectivity index (χ4n) is 2.49. The van der Waals surface area contributed by atoms with Gasteiger partial charge in [0.1, 0.15) is 0 Å². The second kappa shape index (κ2) is 6.35. The van der Waals surface area contributed by atoms with E-state index in [9.17, 15) is 43.9 Å². The maximum absolute atomic E-state index is 14.4. The number of hydrogen-bond donors (Lipinski definition) is 0. The number of allylic oxidation sites excluding steroid dienone is 4. The van der Waals surface area contributed by atoms with Crippen LogP contribution in [-0.4, -0.2) is 29.0 Å². The molecule has 1 unspecified atom stereocenters. The maximum Gasteiger partial charge on any atom is 0.572 e. The van der Waals surface area contributed by atoms with E-state index in [4.69, 9.17) is 11.6 Å². The first-order valence-electron chi connectivity index (χ1n) is 6.86. The Labute approximate surface area is 149 Å². The second-order valence-electron chi connectivity index (χ2n) is 5.40. The Kier molecular flexibility index (Phi) is 5.04. The molecule has 0 spiro atoms. The zero-order valence-electron chi connectivity index (χ0n) is 12.7. The standard InChI is InChI=1S/C14H8ClF10NO/c15-10(26-6-1-2-7-26)5-3-4-8(9(10)27-14(23,24)25)11(16,12(17,18)19)13(20,21)22/h1-4,6-7H,5H2. The molecule has 1 aliphatic carbocycles. The molecule has 0 fully saturated rings. The van der Waals surface area contributed by atoms with Gasteiger partial charge in [-0.05, 0) is 12.1 Å². The van der Waals surface area contributed by atoms with Crippen LogP contribution < -0.4 is 0 Å². The third-order valence-electron chi connectivity index (χ3n) is 3.65. The Morgan fingerprint density at radius 3 is 1.78 bits per heavy atom. The molecule has 0 saturated heterocycles. The lowest BCUT2D eigenvalue weighted by molar-refractivity contribution is -0.332. The first-order chi connectivity index (χ1) is 12.0. The Hall–Kier alpha value is -1.85. The van der Waals surface area contributed by atoms with Crippen molar-refractivity contribution in [2.24, 2.45) is 0 Å². The highest BCUT2D eigenvalue weighted by atomic mass is 35.5. The summed E-state index contributed by atoms with van der Waals surface area (Å²) in [6.45, 7) is 0. The maximum atomic E-state index is 14.4. The average molecular weight is 432 g/mol. The summed E-state index contributed by atoms with van der Waals surface area (Å²) < 4.78 is 135. The largest absolute Gasteiger partial charge is 0.572 e. The van der Waals surface area contributed by atoms with Crippen LogP contribution in [0.5, 0.6) is 0 Å². The lowest BCUT2D eigenvalue weighted by Gasteiger charge is -2.39. The highest BCUT2D eigenvalue weighted by molar-refractivity contribution is 6.24. The van der Waals surface area contributed by atoms with E-state index in [1.165, 1.54) is 12.1 Å². The zero-order chi connectivity index (χ0) is 20.9. The van der Waals surface area contributed by atoms with Gasteiger partial charge in [-0.3, -0.25) is 0 Å². The van der Waals surface area contributed by atoms with E-state index >= 15 is 0 Å². The number of hydrogen-bond acceptors (Lipinski definition) is 1. The molecular formula is C14H8ClF10NO. The van der Waals surface area contributed by atoms with Crippen molar-refractivity contribution in [3.63, 3.8) is 0 Å². The van der Waals surface area contributed by atoms with E-state index in [1.54, 1.807) is 0 Å². The normalized spacial score (nSPS) is 22.3. The summed E-state index contributed by atoms with van der Waals surface area (Å²) >= 11 is 5.94. The van der Waals surface area contributed by atoms with Crippen LogP contribution >= 0.6 is 11.6 Å². The highest BCUT2D eigenvalue weighted by Crippen LogP contribution is 2.56. The molecular weight excluding hydrogens is 424 g/mol. The first kappa shape index (κ1) is 21.5. The fraction of sp³-hybridized carbons (Fsp3) is 0.429. The molecule has 0 aliphatic heterocycles. The fourth-order valence-corrected chi connectivity index (χ4v) is 2.83. The molecule has 0 bridgehead atoms. The van der Waals surface area contributed by atoms with Crippen LogP contribution in [0.4, 0.5) is 43.9 Å².